The van der Waals surface area contributed by atoms with Crippen LogP contribution in [0.1, 0.15) is 51.8 Å². The van der Waals surface area contributed by atoms with Gasteiger partial charge in [0.15, 0.2) is 5.82 Å². The third kappa shape index (κ3) is 3.54. The number of hydrogen-bond donors (Lipinski definition) is 1. The van der Waals surface area contributed by atoms with E-state index in [2.05, 4.69) is 86.5 Å². The first-order chi connectivity index (χ1) is 9.70. The fourth-order valence-electron chi connectivity index (χ4n) is 2.11. The molecule has 0 amide bonds. The highest BCUT2D eigenvalue weighted by Gasteiger charge is 2.22. The summed E-state index contributed by atoms with van der Waals surface area (Å²) >= 11 is 2.23. The van der Waals surface area contributed by atoms with Crippen LogP contribution >= 0.6 is 22.6 Å². The van der Waals surface area contributed by atoms with E-state index in [9.17, 15) is 0 Å². The molecule has 1 heterocycles. The van der Waals surface area contributed by atoms with Crippen LogP contribution in [-0.2, 0) is 5.41 Å². The van der Waals surface area contributed by atoms with Crippen molar-refractivity contribution in [3.8, 4) is 11.4 Å². The first-order valence-corrected chi connectivity index (χ1v) is 8.22. The first-order valence-electron chi connectivity index (χ1n) is 7.14. The lowest BCUT2D eigenvalue weighted by atomic mass is 9.91. The summed E-state index contributed by atoms with van der Waals surface area (Å²) in [7, 11) is 0. The van der Waals surface area contributed by atoms with Crippen molar-refractivity contribution in [1.82, 2.24) is 9.97 Å². The molecule has 0 bridgehead atoms. The third-order valence-corrected chi connectivity index (χ3v) is 4.49. The van der Waals surface area contributed by atoms with Gasteiger partial charge in [0.25, 0.3) is 0 Å². The molecular weight excluding hydrogens is 373 g/mol. The van der Waals surface area contributed by atoms with E-state index in [1.807, 2.05) is 0 Å². The van der Waals surface area contributed by atoms with Crippen molar-refractivity contribution in [3.63, 3.8) is 0 Å². The molecule has 0 aliphatic carbocycles. The van der Waals surface area contributed by atoms with Gasteiger partial charge >= 0.3 is 0 Å². The summed E-state index contributed by atoms with van der Waals surface area (Å²) in [4.78, 5) is 9.20. The average molecular weight is 395 g/mol. The number of rotatable bonds is 2. The summed E-state index contributed by atoms with van der Waals surface area (Å²) in [5.41, 5.74) is 9.34. The van der Waals surface area contributed by atoms with Gasteiger partial charge in [0.2, 0.25) is 0 Å². The third-order valence-electron chi connectivity index (χ3n) is 3.42. The van der Waals surface area contributed by atoms with Crippen LogP contribution in [-0.4, -0.2) is 9.97 Å². The smallest absolute Gasteiger partial charge is 0.161 e. The Balaban J connectivity index is 2.52. The van der Waals surface area contributed by atoms with Crippen LogP contribution in [0.5, 0.6) is 0 Å². The minimum absolute atomic E-state index is 0.0554. The highest BCUT2D eigenvalue weighted by atomic mass is 127. The zero-order valence-electron chi connectivity index (χ0n) is 13.2. The molecule has 0 spiro atoms. The van der Waals surface area contributed by atoms with Gasteiger partial charge in [-0.05, 0) is 34.1 Å². The second kappa shape index (κ2) is 5.91. The van der Waals surface area contributed by atoms with E-state index in [1.165, 1.54) is 5.56 Å². The maximum Gasteiger partial charge on any atom is 0.161 e. The van der Waals surface area contributed by atoms with Crippen molar-refractivity contribution < 1.29 is 0 Å². The number of nitrogens with zero attached hydrogens (tertiary/aromatic N) is 2. The molecule has 0 fully saturated rings. The van der Waals surface area contributed by atoms with Gasteiger partial charge in [0.1, 0.15) is 5.82 Å². The van der Waals surface area contributed by atoms with E-state index < -0.39 is 0 Å². The van der Waals surface area contributed by atoms with Crippen LogP contribution in [0.25, 0.3) is 11.4 Å². The number of hydrogen-bond acceptors (Lipinski definition) is 3. The molecule has 0 atom stereocenters. The second-order valence-electron chi connectivity index (χ2n) is 6.62. The van der Waals surface area contributed by atoms with Crippen LogP contribution in [0, 0.1) is 3.57 Å². The molecule has 0 radical (unpaired) electrons. The Hall–Kier alpha value is -1.17. The van der Waals surface area contributed by atoms with Gasteiger partial charge in [-0.3, -0.25) is 0 Å². The van der Waals surface area contributed by atoms with E-state index in [1.54, 1.807) is 0 Å². The summed E-state index contributed by atoms with van der Waals surface area (Å²) < 4.78 is 0.947. The number of aromatic nitrogens is 2. The highest BCUT2D eigenvalue weighted by Crippen LogP contribution is 2.30. The van der Waals surface area contributed by atoms with Crippen molar-refractivity contribution in [2.45, 2.75) is 46.0 Å². The maximum absolute atomic E-state index is 6.07. The summed E-state index contributed by atoms with van der Waals surface area (Å²) in [5.74, 6) is 1.78. The molecule has 21 heavy (non-hydrogen) atoms. The normalized spacial score (nSPS) is 12.0. The zero-order chi connectivity index (χ0) is 15.8. The lowest BCUT2D eigenvalue weighted by molar-refractivity contribution is 0.564. The van der Waals surface area contributed by atoms with Gasteiger partial charge in [-0.15, -0.1) is 0 Å². The second-order valence-corrected chi connectivity index (χ2v) is 7.70. The van der Waals surface area contributed by atoms with Crippen molar-refractivity contribution in [1.29, 1.82) is 0 Å². The number of nitrogens with two attached hydrogens (primary N) is 1. The SMILES string of the molecule is CC(C)c1ccc(-c2nc(N)c(I)c(C(C)(C)C)n2)cc1. The molecule has 3 nitrogen and oxygen atoms in total. The predicted octanol–water partition coefficient (Wildman–Crippen LogP) is 4.75. The van der Waals surface area contributed by atoms with Crippen molar-refractivity contribution in [3.05, 3.63) is 39.1 Å². The molecule has 2 aromatic rings. The average Bonchev–Trinajstić information content (AvgIpc) is 2.40. The number of anilines is 1. The Morgan fingerprint density at radius 2 is 1.62 bits per heavy atom. The standard InChI is InChI=1S/C17H22IN3/c1-10(2)11-6-8-12(9-7-11)16-20-14(17(3,4)5)13(18)15(19)21-16/h6-10H,1-5H3,(H2,19,20,21). The molecular formula is C17H22IN3. The van der Waals surface area contributed by atoms with E-state index >= 15 is 0 Å². The monoisotopic (exact) mass is 395 g/mol. The van der Waals surface area contributed by atoms with Crippen molar-refractivity contribution in [2.24, 2.45) is 0 Å². The minimum Gasteiger partial charge on any atom is -0.383 e. The van der Waals surface area contributed by atoms with E-state index in [-0.39, 0.29) is 5.41 Å². The first kappa shape index (κ1) is 16.2. The fourth-order valence-corrected chi connectivity index (χ4v) is 3.16. The Kier molecular flexibility index (Phi) is 4.56. The van der Waals surface area contributed by atoms with Crippen LogP contribution in [0.4, 0.5) is 5.82 Å². The largest absolute Gasteiger partial charge is 0.383 e. The van der Waals surface area contributed by atoms with E-state index in [4.69, 9.17) is 10.7 Å². The van der Waals surface area contributed by atoms with Crippen molar-refractivity contribution >= 4 is 28.4 Å². The van der Waals surface area contributed by atoms with E-state index in [0.29, 0.717) is 17.6 Å². The quantitative estimate of drug-likeness (QED) is 0.747. The topological polar surface area (TPSA) is 51.8 Å². The summed E-state index contributed by atoms with van der Waals surface area (Å²) in [6.45, 7) is 10.8. The summed E-state index contributed by atoms with van der Waals surface area (Å²) in [5, 5.41) is 0. The molecule has 0 saturated carbocycles. The number of benzene rings is 1. The maximum atomic E-state index is 6.07. The molecule has 2 N–H and O–H groups in total. The molecule has 112 valence electrons. The van der Waals surface area contributed by atoms with Crippen molar-refractivity contribution in [2.75, 3.05) is 5.73 Å². The van der Waals surface area contributed by atoms with Gasteiger partial charge in [-0.1, -0.05) is 58.9 Å². The van der Waals surface area contributed by atoms with Gasteiger partial charge in [0, 0.05) is 11.0 Å². The molecule has 0 aliphatic heterocycles. The van der Waals surface area contributed by atoms with Crippen LogP contribution < -0.4 is 5.73 Å². The highest BCUT2D eigenvalue weighted by molar-refractivity contribution is 14.1. The predicted molar refractivity (Wildman–Crippen MR) is 97.4 cm³/mol. The van der Waals surface area contributed by atoms with Crippen LogP contribution in [0.3, 0.4) is 0 Å². The summed E-state index contributed by atoms with van der Waals surface area (Å²) in [6.07, 6.45) is 0. The van der Waals surface area contributed by atoms with E-state index in [0.717, 1.165) is 14.8 Å². The van der Waals surface area contributed by atoms with Crippen LogP contribution in [0.15, 0.2) is 24.3 Å². The Morgan fingerprint density at radius 1 is 1.05 bits per heavy atom. The molecule has 0 unspecified atom stereocenters. The Bertz CT molecular complexity index is 640. The van der Waals surface area contributed by atoms with Gasteiger partial charge in [0.05, 0.1) is 9.26 Å². The lowest BCUT2D eigenvalue weighted by Crippen LogP contribution is -2.18. The number of nitrogen functional groups attached to an aromatic ring is 1. The zero-order valence-corrected chi connectivity index (χ0v) is 15.4. The Labute approximate surface area is 140 Å². The minimum atomic E-state index is -0.0554. The fraction of sp³-hybridized carbons (Fsp3) is 0.412. The van der Waals surface area contributed by atoms with Gasteiger partial charge in [-0.25, -0.2) is 9.97 Å². The number of halogens is 1. The molecule has 1 aromatic heterocycles. The molecule has 1 aromatic carbocycles. The van der Waals surface area contributed by atoms with Gasteiger partial charge < -0.3 is 5.73 Å². The molecule has 4 heteroatoms. The lowest BCUT2D eigenvalue weighted by Gasteiger charge is -2.21. The van der Waals surface area contributed by atoms with Crippen LogP contribution in [0.2, 0.25) is 0 Å². The van der Waals surface area contributed by atoms with Gasteiger partial charge in [-0.2, -0.15) is 0 Å². The molecule has 0 saturated heterocycles. The molecule has 0 aliphatic rings. The summed E-state index contributed by atoms with van der Waals surface area (Å²) in [6, 6.07) is 8.41. The Morgan fingerprint density at radius 3 is 2.10 bits per heavy atom. The molecule has 2 rings (SSSR count).